The van der Waals surface area contributed by atoms with Gasteiger partial charge in [-0.1, -0.05) is 60.8 Å². The Balaban J connectivity index is 0. The minimum Gasteiger partial charge on any atom is -0.384 e. The van der Waals surface area contributed by atoms with Crippen molar-refractivity contribution in [2.24, 2.45) is 5.41 Å². The lowest BCUT2D eigenvalue weighted by Crippen LogP contribution is -2.39. The normalized spacial score (nSPS) is 18.3. The molecule has 2 aliphatic rings. The second-order valence-corrected chi connectivity index (χ2v) is 4.12. The van der Waals surface area contributed by atoms with E-state index in [0.29, 0.717) is 5.41 Å². The minimum absolute atomic E-state index is 0.330. The monoisotopic (exact) mass is 280 g/mol. The van der Waals surface area contributed by atoms with E-state index in [-0.39, 0.29) is 0 Å². The molecule has 0 aromatic heterocycles. The maximum Gasteiger partial charge on any atom is 0.0373 e. The first-order chi connectivity index (χ1) is 9.82. The summed E-state index contributed by atoms with van der Waals surface area (Å²) >= 11 is 0. The van der Waals surface area contributed by atoms with E-state index in [1.165, 1.54) is 24.1 Å². The highest BCUT2D eigenvalue weighted by atomic mass is 15.0. The van der Waals surface area contributed by atoms with Crippen LogP contribution in [0.15, 0.2) is 36.6 Å². The van der Waals surface area contributed by atoms with Crippen LogP contribution in [0.2, 0.25) is 0 Å². The molecule has 1 spiro atoms. The second kappa shape index (κ2) is 13.0. The lowest BCUT2D eigenvalue weighted by molar-refractivity contribution is 0.273. The predicted octanol–water partition coefficient (Wildman–Crippen LogP) is 4.66. The van der Waals surface area contributed by atoms with Crippen LogP contribution in [0.5, 0.6) is 0 Å². The number of allylic oxidation sites excluding steroid dienone is 2. The predicted molar refractivity (Wildman–Crippen MR) is 94.0 cm³/mol. The fourth-order valence-electron chi connectivity index (χ4n) is 2.60. The van der Waals surface area contributed by atoms with Crippen LogP contribution in [0.4, 0.5) is 0 Å². The van der Waals surface area contributed by atoms with E-state index >= 15 is 0 Å². The van der Waals surface area contributed by atoms with Gasteiger partial charge in [0, 0.05) is 17.7 Å². The summed E-state index contributed by atoms with van der Waals surface area (Å²) in [7, 11) is 0. The molecule has 0 aliphatic carbocycles. The summed E-state index contributed by atoms with van der Waals surface area (Å²) in [4.78, 5) is 0. The zero-order valence-electron chi connectivity index (χ0n) is 14.6. The van der Waals surface area contributed by atoms with Gasteiger partial charge in [0.2, 0.25) is 0 Å². The highest BCUT2D eigenvalue weighted by Gasteiger charge is 2.39. The van der Waals surface area contributed by atoms with E-state index in [2.05, 4.69) is 23.8 Å². The van der Waals surface area contributed by atoms with Gasteiger partial charge in [-0.15, -0.1) is 0 Å². The zero-order valence-corrected chi connectivity index (χ0v) is 14.6. The third-order valence-electron chi connectivity index (χ3n) is 3.45. The highest BCUT2D eigenvalue weighted by Crippen LogP contribution is 2.41. The Hall–Kier alpha value is -1.02. The molecule has 2 N–H and O–H groups in total. The van der Waals surface area contributed by atoms with Crippen LogP contribution in [0, 0.1) is 5.41 Å². The third-order valence-corrected chi connectivity index (χ3v) is 3.45. The molecular formula is C18H36N2. The summed E-state index contributed by atoms with van der Waals surface area (Å²) < 4.78 is 0. The maximum atomic E-state index is 3.92. The van der Waals surface area contributed by atoms with E-state index < -0.39 is 0 Å². The fraction of sp³-hybridized carbons (Fsp3) is 0.667. The van der Waals surface area contributed by atoms with Gasteiger partial charge in [-0.2, -0.15) is 0 Å². The largest absolute Gasteiger partial charge is 0.384 e. The Morgan fingerprint density at radius 2 is 1.40 bits per heavy atom. The third kappa shape index (κ3) is 5.16. The van der Waals surface area contributed by atoms with E-state index in [1.54, 1.807) is 0 Å². The lowest BCUT2D eigenvalue weighted by atomic mass is 9.74. The van der Waals surface area contributed by atoms with Crippen LogP contribution < -0.4 is 10.6 Å². The van der Waals surface area contributed by atoms with Crippen molar-refractivity contribution in [1.29, 1.82) is 0 Å². The molecule has 20 heavy (non-hydrogen) atoms. The number of rotatable bonds is 2. The molecule has 2 nitrogen and oxygen atoms in total. The van der Waals surface area contributed by atoms with Crippen molar-refractivity contribution < 1.29 is 0 Å². The van der Waals surface area contributed by atoms with Crippen molar-refractivity contribution in [3.8, 4) is 0 Å². The van der Waals surface area contributed by atoms with Crippen LogP contribution in [-0.2, 0) is 0 Å². The summed E-state index contributed by atoms with van der Waals surface area (Å²) in [5.74, 6) is 0. The Bertz CT molecular complexity index is 284. The average molecular weight is 280 g/mol. The van der Waals surface area contributed by atoms with Gasteiger partial charge in [0.05, 0.1) is 0 Å². The smallest absolute Gasteiger partial charge is 0.0373 e. The molecular weight excluding hydrogens is 244 g/mol. The lowest BCUT2D eigenvalue weighted by Gasteiger charge is -2.34. The van der Waals surface area contributed by atoms with Gasteiger partial charge >= 0.3 is 0 Å². The Labute approximate surface area is 127 Å². The molecule has 118 valence electrons. The molecule has 0 amide bonds. The molecule has 0 saturated carbocycles. The summed E-state index contributed by atoms with van der Waals surface area (Å²) in [5.41, 5.74) is 2.88. The first-order valence-corrected chi connectivity index (χ1v) is 8.27. The molecule has 2 aliphatic heterocycles. The van der Waals surface area contributed by atoms with Crippen molar-refractivity contribution in [3.05, 3.63) is 36.6 Å². The molecule has 0 radical (unpaired) electrons. The Morgan fingerprint density at radius 3 is 1.80 bits per heavy atom. The molecule has 0 aromatic rings. The molecule has 2 heteroatoms. The van der Waals surface area contributed by atoms with Crippen molar-refractivity contribution in [2.75, 3.05) is 19.6 Å². The summed E-state index contributed by atoms with van der Waals surface area (Å²) in [6.07, 6.45) is 6.33. The molecule has 0 atom stereocenters. The molecule has 0 aromatic carbocycles. The van der Waals surface area contributed by atoms with E-state index in [0.717, 1.165) is 19.6 Å². The summed E-state index contributed by atoms with van der Waals surface area (Å²) in [6, 6.07) is 0. The maximum absolute atomic E-state index is 3.92. The number of nitrogens with one attached hydrogen (secondary N) is 2. The van der Waals surface area contributed by atoms with Crippen molar-refractivity contribution in [2.45, 2.75) is 54.4 Å². The fourth-order valence-corrected chi connectivity index (χ4v) is 2.60. The average Bonchev–Trinajstić information content (AvgIpc) is 2.90. The second-order valence-electron chi connectivity index (χ2n) is 4.12. The Kier molecular flexibility index (Phi) is 13.8. The molecule has 2 rings (SSSR count). The van der Waals surface area contributed by atoms with Gasteiger partial charge in [-0.3, -0.25) is 0 Å². The summed E-state index contributed by atoms with van der Waals surface area (Å²) in [5, 5.41) is 6.83. The first kappa shape index (κ1) is 21.3. The van der Waals surface area contributed by atoms with Gasteiger partial charge < -0.3 is 10.6 Å². The molecule has 1 saturated heterocycles. The standard InChI is InChI=1S/C12H18N2.3C2H6/c1-3-10-11(4-2)14-9-12(10)5-7-13-8-6-12;3*1-2/h3-4,13-14H,1-2,5-9H2;3*1-2H3. The van der Waals surface area contributed by atoms with Crippen LogP contribution in [0.1, 0.15) is 54.4 Å². The quantitative estimate of drug-likeness (QED) is 0.768. The number of piperidine rings is 1. The van der Waals surface area contributed by atoms with Gasteiger partial charge in [0.25, 0.3) is 0 Å². The topological polar surface area (TPSA) is 24.1 Å². The van der Waals surface area contributed by atoms with Crippen molar-refractivity contribution in [3.63, 3.8) is 0 Å². The Morgan fingerprint density at radius 1 is 0.900 bits per heavy atom. The molecule has 1 fully saturated rings. The van der Waals surface area contributed by atoms with Crippen LogP contribution in [-0.4, -0.2) is 19.6 Å². The van der Waals surface area contributed by atoms with Crippen LogP contribution >= 0.6 is 0 Å². The highest BCUT2D eigenvalue weighted by molar-refractivity contribution is 5.40. The minimum atomic E-state index is 0.330. The molecule has 0 bridgehead atoms. The van der Waals surface area contributed by atoms with Crippen molar-refractivity contribution >= 4 is 0 Å². The SMILES string of the molecule is C=CC1=C(C=C)C2(CCNCC2)CN1.CC.CC.CC. The molecule has 0 unspecified atom stereocenters. The van der Waals surface area contributed by atoms with Gasteiger partial charge in [0.1, 0.15) is 0 Å². The first-order valence-electron chi connectivity index (χ1n) is 8.27. The number of hydrogen-bond acceptors (Lipinski definition) is 2. The summed E-state index contributed by atoms with van der Waals surface area (Å²) in [6.45, 7) is 23.0. The van der Waals surface area contributed by atoms with E-state index in [1.807, 2.05) is 53.7 Å². The van der Waals surface area contributed by atoms with Gasteiger partial charge in [-0.05, 0) is 37.6 Å². The van der Waals surface area contributed by atoms with Crippen LogP contribution in [0.25, 0.3) is 0 Å². The van der Waals surface area contributed by atoms with Gasteiger partial charge in [-0.25, -0.2) is 0 Å². The van der Waals surface area contributed by atoms with Crippen LogP contribution in [0.3, 0.4) is 0 Å². The van der Waals surface area contributed by atoms with E-state index in [9.17, 15) is 0 Å². The zero-order chi connectivity index (χ0) is 16.0. The van der Waals surface area contributed by atoms with Crippen molar-refractivity contribution in [1.82, 2.24) is 10.6 Å². The van der Waals surface area contributed by atoms with Gasteiger partial charge in [0.15, 0.2) is 0 Å². The molecule has 2 heterocycles. The van der Waals surface area contributed by atoms with E-state index in [4.69, 9.17) is 0 Å². The number of hydrogen-bond donors (Lipinski definition) is 2.